The van der Waals surface area contributed by atoms with Crippen LogP contribution in [0.15, 0.2) is 30.7 Å². The number of anilines is 3. The van der Waals surface area contributed by atoms with E-state index in [1.165, 1.54) is 24.1 Å². The average molecular weight is 470 g/mol. The largest absolute Gasteiger partial charge is 0.346 e. The molecule has 12 heteroatoms. The van der Waals surface area contributed by atoms with Crippen molar-refractivity contribution in [3.8, 4) is 0 Å². The second kappa shape index (κ2) is 9.12. The fourth-order valence-electron chi connectivity index (χ4n) is 3.58. The van der Waals surface area contributed by atoms with Gasteiger partial charge in [0.25, 0.3) is 6.43 Å². The van der Waals surface area contributed by atoms with E-state index in [-0.39, 0.29) is 30.0 Å². The number of carbonyl (C=O) groups excluding carboxylic acids is 2. The summed E-state index contributed by atoms with van der Waals surface area (Å²) in [7, 11) is 1.77. The van der Waals surface area contributed by atoms with Gasteiger partial charge in [-0.1, -0.05) is 6.07 Å². The summed E-state index contributed by atoms with van der Waals surface area (Å²) in [5.74, 6) is 0.355. The van der Waals surface area contributed by atoms with Crippen LogP contribution in [0.5, 0.6) is 0 Å². The van der Waals surface area contributed by atoms with Crippen LogP contribution in [0.1, 0.15) is 42.8 Å². The molecule has 178 valence electrons. The van der Waals surface area contributed by atoms with Gasteiger partial charge in [0.15, 0.2) is 5.82 Å². The standard InChI is InChI=1S/C22H24F2N8O2/c1-12-18-20(30(4)13(2)21(34)28-18)29-22(27-12)32(14(3)33)11-16-8-26-31(10-16)9-15-5-6-17(19(23)24)25-7-15/h5-8,10,13,19H,9,11H2,1-4H3,(H,28,34)/t13-/m1/s1. The lowest BCUT2D eigenvalue weighted by atomic mass is 10.2. The van der Waals surface area contributed by atoms with E-state index in [0.29, 0.717) is 23.7 Å². The zero-order valence-corrected chi connectivity index (χ0v) is 19.2. The first kappa shape index (κ1) is 23.2. The van der Waals surface area contributed by atoms with Gasteiger partial charge < -0.3 is 10.2 Å². The zero-order valence-electron chi connectivity index (χ0n) is 19.2. The molecule has 0 aliphatic carbocycles. The summed E-state index contributed by atoms with van der Waals surface area (Å²) in [4.78, 5) is 40.6. The number of pyridine rings is 1. The van der Waals surface area contributed by atoms with E-state index >= 15 is 0 Å². The predicted molar refractivity (Wildman–Crippen MR) is 121 cm³/mol. The van der Waals surface area contributed by atoms with Crippen molar-refractivity contribution < 1.29 is 18.4 Å². The summed E-state index contributed by atoms with van der Waals surface area (Å²) in [6, 6.07) is 2.46. The fraction of sp³-hybridized carbons (Fsp3) is 0.364. The quantitative estimate of drug-likeness (QED) is 0.590. The maximum absolute atomic E-state index is 12.7. The molecule has 10 nitrogen and oxygen atoms in total. The highest BCUT2D eigenvalue weighted by atomic mass is 19.3. The fourth-order valence-corrected chi connectivity index (χ4v) is 3.58. The first-order valence-corrected chi connectivity index (χ1v) is 10.6. The van der Waals surface area contributed by atoms with Crippen LogP contribution in [0.3, 0.4) is 0 Å². The molecule has 1 aliphatic heterocycles. The number of fused-ring (bicyclic) bond motifs is 1. The van der Waals surface area contributed by atoms with Crippen LogP contribution in [0.4, 0.5) is 26.2 Å². The topological polar surface area (TPSA) is 109 Å². The third-order valence-corrected chi connectivity index (χ3v) is 5.67. The molecule has 4 rings (SSSR count). The van der Waals surface area contributed by atoms with Gasteiger partial charge in [0.2, 0.25) is 17.8 Å². The SMILES string of the molecule is CC(=O)N(Cc1cnn(Cc2ccc(C(F)F)nc2)c1)c1nc(C)c2c(n1)N(C)[C@H](C)C(=O)N2. The number of aromatic nitrogens is 5. The lowest BCUT2D eigenvalue weighted by molar-refractivity contribution is -0.118. The Morgan fingerprint density at radius 2 is 2.00 bits per heavy atom. The second-order valence-corrected chi connectivity index (χ2v) is 8.13. The number of likely N-dealkylation sites (N-methyl/N-ethyl adjacent to an activating group) is 1. The number of alkyl halides is 2. The molecule has 2 amide bonds. The van der Waals surface area contributed by atoms with Crippen LogP contribution in [0.25, 0.3) is 0 Å². The number of hydrogen-bond acceptors (Lipinski definition) is 7. The van der Waals surface area contributed by atoms with Crippen molar-refractivity contribution in [3.63, 3.8) is 0 Å². The molecule has 0 aromatic carbocycles. The molecule has 4 heterocycles. The van der Waals surface area contributed by atoms with E-state index < -0.39 is 12.5 Å². The zero-order chi connectivity index (χ0) is 24.6. The summed E-state index contributed by atoms with van der Waals surface area (Å²) in [5.41, 5.74) is 2.25. The maximum Gasteiger partial charge on any atom is 0.280 e. The Morgan fingerprint density at radius 3 is 2.65 bits per heavy atom. The second-order valence-electron chi connectivity index (χ2n) is 8.13. The van der Waals surface area contributed by atoms with Crippen LogP contribution in [0, 0.1) is 6.92 Å². The van der Waals surface area contributed by atoms with Crippen molar-refractivity contribution in [2.45, 2.75) is 46.3 Å². The summed E-state index contributed by atoms with van der Waals surface area (Å²) in [6.45, 7) is 5.46. The first-order chi connectivity index (χ1) is 16.1. The monoisotopic (exact) mass is 470 g/mol. The highest BCUT2D eigenvalue weighted by molar-refractivity contribution is 6.03. The van der Waals surface area contributed by atoms with Crippen molar-refractivity contribution in [2.75, 3.05) is 22.2 Å². The molecule has 3 aromatic rings. The molecule has 1 atom stereocenters. The Balaban J connectivity index is 1.55. The van der Waals surface area contributed by atoms with E-state index in [1.54, 1.807) is 48.9 Å². The lowest BCUT2D eigenvalue weighted by Gasteiger charge is -2.33. The Morgan fingerprint density at radius 1 is 1.24 bits per heavy atom. The molecular formula is C22H24F2N8O2. The van der Waals surface area contributed by atoms with E-state index in [0.717, 1.165) is 11.1 Å². The highest BCUT2D eigenvalue weighted by Gasteiger charge is 2.31. The van der Waals surface area contributed by atoms with Crippen LogP contribution < -0.4 is 15.1 Å². The van der Waals surface area contributed by atoms with Crippen LogP contribution in [0.2, 0.25) is 0 Å². The Labute approximate surface area is 194 Å². The number of halogens is 2. The molecule has 1 aliphatic rings. The lowest BCUT2D eigenvalue weighted by Crippen LogP contribution is -2.45. The summed E-state index contributed by atoms with van der Waals surface area (Å²) >= 11 is 0. The van der Waals surface area contributed by atoms with Crippen molar-refractivity contribution in [2.24, 2.45) is 0 Å². The minimum Gasteiger partial charge on any atom is -0.346 e. The Bertz CT molecular complexity index is 1230. The van der Waals surface area contributed by atoms with Crippen molar-refractivity contribution in [1.82, 2.24) is 24.7 Å². The van der Waals surface area contributed by atoms with Crippen molar-refractivity contribution in [3.05, 3.63) is 53.2 Å². The minimum atomic E-state index is -2.61. The number of carbonyl (C=O) groups is 2. The highest BCUT2D eigenvalue weighted by Crippen LogP contribution is 2.33. The first-order valence-electron chi connectivity index (χ1n) is 10.6. The van der Waals surface area contributed by atoms with E-state index in [9.17, 15) is 18.4 Å². The molecule has 0 spiro atoms. The third-order valence-electron chi connectivity index (χ3n) is 5.67. The summed E-state index contributed by atoms with van der Waals surface area (Å²) in [5, 5.41) is 7.12. The molecule has 3 aromatic heterocycles. The Kier molecular flexibility index (Phi) is 6.22. The summed E-state index contributed by atoms with van der Waals surface area (Å²) in [6.07, 6.45) is 2.16. The molecule has 0 unspecified atom stereocenters. The van der Waals surface area contributed by atoms with Crippen molar-refractivity contribution >= 4 is 29.3 Å². The predicted octanol–water partition coefficient (Wildman–Crippen LogP) is 2.69. The van der Waals surface area contributed by atoms with Crippen LogP contribution in [-0.2, 0) is 22.7 Å². The average Bonchev–Trinajstić information content (AvgIpc) is 3.23. The molecular weight excluding hydrogens is 446 g/mol. The van der Waals surface area contributed by atoms with Gasteiger partial charge in [-0.2, -0.15) is 10.1 Å². The maximum atomic E-state index is 12.7. The van der Waals surface area contributed by atoms with Gasteiger partial charge in [-0.15, -0.1) is 0 Å². The van der Waals surface area contributed by atoms with Gasteiger partial charge in [-0.05, 0) is 25.5 Å². The molecule has 1 N–H and O–H groups in total. The van der Waals surface area contributed by atoms with Gasteiger partial charge in [0, 0.05) is 31.9 Å². The molecule has 0 saturated carbocycles. The number of rotatable bonds is 6. The van der Waals surface area contributed by atoms with Crippen LogP contribution >= 0.6 is 0 Å². The number of aryl methyl sites for hydroxylation is 1. The molecule has 0 saturated heterocycles. The number of amides is 2. The van der Waals surface area contributed by atoms with E-state index in [4.69, 9.17) is 0 Å². The van der Waals surface area contributed by atoms with Gasteiger partial charge in [-0.25, -0.2) is 13.8 Å². The normalized spacial score (nSPS) is 15.3. The smallest absolute Gasteiger partial charge is 0.280 e. The number of hydrogen-bond donors (Lipinski definition) is 1. The molecule has 0 radical (unpaired) electrons. The van der Waals surface area contributed by atoms with E-state index in [1.807, 2.05) is 0 Å². The van der Waals surface area contributed by atoms with E-state index in [2.05, 4.69) is 25.4 Å². The molecule has 0 bridgehead atoms. The summed E-state index contributed by atoms with van der Waals surface area (Å²) < 4.78 is 27.0. The molecule has 34 heavy (non-hydrogen) atoms. The van der Waals surface area contributed by atoms with Gasteiger partial charge in [0.05, 0.1) is 25.0 Å². The molecule has 0 fully saturated rings. The van der Waals surface area contributed by atoms with Gasteiger partial charge in [-0.3, -0.25) is 24.2 Å². The van der Waals surface area contributed by atoms with Crippen molar-refractivity contribution in [1.29, 1.82) is 0 Å². The van der Waals surface area contributed by atoms with Gasteiger partial charge >= 0.3 is 0 Å². The third kappa shape index (κ3) is 4.56. The van der Waals surface area contributed by atoms with Gasteiger partial charge in [0.1, 0.15) is 17.4 Å². The van der Waals surface area contributed by atoms with Crippen LogP contribution in [-0.4, -0.2) is 49.6 Å². The number of nitrogens with one attached hydrogen (secondary N) is 1. The Hall–Kier alpha value is -3.96. The minimum absolute atomic E-state index is 0.149. The number of nitrogens with zero attached hydrogens (tertiary/aromatic N) is 7.